The summed E-state index contributed by atoms with van der Waals surface area (Å²) >= 11 is 11.1. The first-order valence-electron chi connectivity index (χ1n) is 9.75. The Bertz CT molecular complexity index is 1230. The number of amides is 1. The number of halogens is 1. The number of benzene rings is 3. The summed E-state index contributed by atoms with van der Waals surface area (Å²) in [6.45, 7) is 2.03. The fourth-order valence-electron chi connectivity index (χ4n) is 3.16. The number of carbonyl (C=O) groups is 1. The van der Waals surface area contributed by atoms with Crippen LogP contribution in [0.1, 0.15) is 22.6 Å². The Morgan fingerprint density at radius 1 is 1.03 bits per heavy atom. The van der Waals surface area contributed by atoms with Crippen molar-refractivity contribution in [2.45, 2.75) is 19.8 Å². The summed E-state index contributed by atoms with van der Waals surface area (Å²) in [6.07, 6.45) is 0.818. The van der Waals surface area contributed by atoms with E-state index in [4.69, 9.17) is 28.2 Å². The highest BCUT2D eigenvalue weighted by atomic mass is 35.5. The molecule has 1 amide bonds. The van der Waals surface area contributed by atoms with Crippen LogP contribution in [0, 0.1) is 6.92 Å². The number of nitrogens with one attached hydrogen (secondary N) is 2. The molecule has 0 aliphatic carbocycles. The van der Waals surface area contributed by atoms with Crippen molar-refractivity contribution >= 4 is 51.6 Å². The van der Waals surface area contributed by atoms with Gasteiger partial charge in [-0.1, -0.05) is 41.9 Å². The lowest BCUT2D eigenvalue weighted by Crippen LogP contribution is -2.35. The lowest BCUT2D eigenvalue weighted by atomic mass is 10.1. The zero-order valence-electron chi connectivity index (χ0n) is 16.8. The smallest absolute Gasteiger partial charge is 0.230 e. The van der Waals surface area contributed by atoms with Gasteiger partial charge in [0.05, 0.1) is 6.42 Å². The molecule has 156 valence electrons. The summed E-state index contributed by atoms with van der Waals surface area (Å²) in [7, 11) is 0. The highest BCUT2D eigenvalue weighted by Gasteiger charge is 2.09. The van der Waals surface area contributed by atoms with Crippen molar-refractivity contribution in [2.75, 3.05) is 5.32 Å². The summed E-state index contributed by atoms with van der Waals surface area (Å²) in [6, 6.07) is 20.8. The Morgan fingerprint density at radius 3 is 2.48 bits per heavy atom. The number of hydrogen-bond acceptors (Lipinski definition) is 4. The van der Waals surface area contributed by atoms with Crippen molar-refractivity contribution in [3.63, 3.8) is 0 Å². The van der Waals surface area contributed by atoms with Gasteiger partial charge in [-0.05, 0) is 72.2 Å². The van der Waals surface area contributed by atoms with Crippen LogP contribution in [0.5, 0.6) is 0 Å². The van der Waals surface area contributed by atoms with Gasteiger partial charge in [0.2, 0.25) is 5.91 Å². The summed E-state index contributed by atoms with van der Waals surface area (Å²) in [4.78, 5) is 16.7. The monoisotopic (exact) mass is 449 g/mol. The minimum absolute atomic E-state index is 0.192. The molecule has 2 N–H and O–H groups in total. The van der Waals surface area contributed by atoms with Crippen LogP contribution in [-0.4, -0.2) is 16.0 Å². The predicted octanol–water partition coefficient (Wildman–Crippen LogP) is 5.44. The number of aromatic nitrogens is 1. The average Bonchev–Trinajstić information content (AvgIpc) is 3.12. The molecule has 0 aliphatic rings. The summed E-state index contributed by atoms with van der Waals surface area (Å²) < 4.78 is 5.82. The van der Waals surface area contributed by atoms with E-state index in [0.717, 1.165) is 33.5 Å². The molecular weight excluding hydrogens is 430 g/mol. The molecule has 3 aromatic carbocycles. The first-order chi connectivity index (χ1) is 14.9. The van der Waals surface area contributed by atoms with Crippen molar-refractivity contribution < 1.29 is 9.21 Å². The average molecular weight is 450 g/mol. The predicted molar refractivity (Wildman–Crippen MR) is 128 cm³/mol. The molecule has 4 rings (SSSR count). The minimum Gasteiger partial charge on any atom is -0.440 e. The van der Waals surface area contributed by atoms with Crippen molar-refractivity contribution in [2.24, 2.45) is 0 Å². The van der Waals surface area contributed by atoms with Gasteiger partial charge in [0.1, 0.15) is 5.52 Å². The maximum atomic E-state index is 12.2. The van der Waals surface area contributed by atoms with E-state index in [1.807, 2.05) is 61.5 Å². The molecule has 0 radical (unpaired) electrons. The van der Waals surface area contributed by atoms with Gasteiger partial charge >= 0.3 is 0 Å². The molecular formula is C24H20ClN3O2S. The zero-order valence-corrected chi connectivity index (χ0v) is 18.4. The molecule has 7 heteroatoms. The van der Waals surface area contributed by atoms with Gasteiger partial charge in [0.25, 0.3) is 0 Å². The molecule has 1 aromatic heterocycles. The van der Waals surface area contributed by atoms with E-state index in [0.29, 0.717) is 17.3 Å². The Balaban J connectivity index is 1.31. The van der Waals surface area contributed by atoms with E-state index in [1.54, 1.807) is 12.1 Å². The van der Waals surface area contributed by atoms with Gasteiger partial charge in [-0.2, -0.15) is 0 Å². The van der Waals surface area contributed by atoms with Gasteiger partial charge in [-0.15, -0.1) is 0 Å². The minimum atomic E-state index is -0.192. The molecule has 31 heavy (non-hydrogen) atoms. The van der Waals surface area contributed by atoms with E-state index >= 15 is 0 Å². The van der Waals surface area contributed by atoms with Gasteiger partial charge in [-0.25, -0.2) is 4.98 Å². The van der Waals surface area contributed by atoms with Crippen LogP contribution < -0.4 is 10.6 Å². The molecule has 0 aliphatic heterocycles. The topological polar surface area (TPSA) is 67.2 Å². The molecule has 0 unspecified atom stereocenters. The number of nitrogens with zero attached hydrogens (tertiary/aromatic N) is 1. The van der Waals surface area contributed by atoms with E-state index in [-0.39, 0.29) is 17.4 Å². The number of thiocarbonyl (C=S) groups is 1. The largest absolute Gasteiger partial charge is 0.440 e. The maximum Gasteiger partial charge on any atom is 0.230 e. The van der Waals surface area contributed by atoms with Gasteiger partial charge in [0.15, 0.2) is 16.6 Å². The van der Waals surface area contributed by atoms with Crippen LogP contribution in [0.2, 0.25) is 5.02 Å². The summed E-state index contributed by atoms with van der Waals surface area (Å²) in [5.41, 5.74) is 5.52. The fourth-order valence-corrected chi connectivity index (χ4v) is 3.52. The van der Waals surface area contributed by atoms with E-state index in [2.05, 4.69) is 15.6 Å². The third-order valence-electron chi connectivity index (χ3n) is 4.69. The van der Waals surface area contributed by atoms with Crippen LogP contribution in [0.4, 0.5) is 5.69 Å². The number of fused-ring (bicyclic) bond motifs is 1. The standard InChI is InChI=1S/C24H20ClN3O2S/c1-15-2-11-21-20(12-15)27-23(30-21)14-17-5-9-19(10-6-17)26-24(31)28-22(29)13-16-3-7-18(25)8-4-16/h2-12H,13-14H2,1H3,(H2,26,28,29,31). The SMILES string of the molecule is Cc1ccc2oc(Cc3ccc(NC(=S)NC(=O)Cc4ccc(Cl)cc4)cc3)nc2c1. The van der Waals surface area contributed by atoms with E-state index in [9.17, 15) is 4.79 Å². The number of aryl methyl sites for hydroxylation is 1. The lowest BCUT2D eigenvalue weighted by molar-refractivity contribution is -0.119. The first-order valence-corrected chi connectivity index (χ1v) is 10.5. The second kappa shape index (κ2) is 9.29. The van der Waals surface area contributed by atoms with Crippen LogP contribution in [0.15, 0.2) is 71.1 Å². The molecule has 1 heterocycles. The molecule has 0 fully saturated rings. The second-order valence-corrected chi connectivity index (χ2v) is 8.10. The Hall–Kier alpha value is -3.22. The molecule has 0 atom stereocenters. The number of hydrogen-bond donors (Lipinski definition) is 2. The van der Waals surface area contributed by atoms with Crippen molar-refractivity contribution in [3.05, 3.63) is 94.3 Å². The normalized spacial score (nSPS) is 10.8. The Morgan fingerprint density at radius 2 is 1.74 bits per heavy atom. The molecule has 0 bridgehead atoms. The zero-order chi connectivity index (χ0) is 21.8. The number of anilines is 1. The van der Waals surface area contributed by atoms with Crippen molar-refractivity contribution in [1.82, 2.24) is 10.3 Å². The molecule has 0 spiro atoms. The molecule has 0 saturated carbocycles. The third-order valence-corrected chi connectivity index (χ3v) is 5.14. The summed E-state index contributed by atoms with van der Waals surface area (Å²) in [5.74, 6) is 0.480. The highest BCUT2D eigenvalue weighted by Crippen LogP contribution is 2.20. The molecule has 0 saturated heterocycles. The fraction of sp³-hybridized carbons (Fsp3) is 0.125. The molecule has 5 nitrogen and oxygen atoms in total. The van der Waals surface area contributed by atoms with E-state index in [1.165, 1.54) is 0 Å². The quantitative estimate of drug-likeness (QED) is 0.397. The highest BCUT2D eigenvalue weighted by molar-refractivity contribution is 7.80. The second-order valence-electron chi connectivity index (χ2n) is 7.26. The number of oxazole rings is 1. The lowest BCUT2D eigenvalue weighted by Gasteiger charge is -2.10. The van der Waals surface area contributed by atoms with Gasteiger partial charge in [-0.3, -0.25) is 4.79 Å². The van der Waals surface area contributed by atoms with E-state index < -0.39 is 0 Å². The summed E-state index contributed by atoms with van der Waals surface area (Å²) in [5, 5.41) is 6.60. The third kappa shape index (κ3) is 5.69. The van der Waals surface area contributed by atoms with Crippen LogP contribution in [-0.2, 0) is 17.6 Å². The van der Waals surface area contributed by atoms with Crippen LogP contribution >= 0.6 is 23.8 Å². The number of carbonyl (C=O) groups excluding carboxylic acids is 1. The molecule has 4 aromatic rings. The van der Waals surface area contributed by atoms with Crippen LogP contribution in [0.25, 0.3) is 11.1 Å². The number of rotatable bonds is 5. The van der Waals surface area contributed by atoms with Crippen LogP contribution in [0.3, 0.4) is 0 Å². The Labute approximate surface area is 190 Å². The van der Waals surface area contributed by atoms with Crippen molar-refractivity contribution in [1.29, 1.82) is 0 Å². The van der Waals surface area contributed by atoms with Crippen molar-refractivity contribution in [3.8, 4) is 0 Å². The Kier molecular flexibility index (Phi) is 6.30. The van der Waals surface area contributed by atoms with Gasteiger partial charge in [0, 0.05) is 17.1 Å². The maximum absolute atomic E-state index is 12.2. The van der Waals surface area contributed by atoms with Gasteiger partial charge < -0.3 is 15.1 Å². The first kappa shape index (κ1) is 21.0.